The van der Waals surface area contributed by atoms with Gasteiger partial charge in [0.25, 0.3) is 0 Å². The molecule has 5 rings (SSSR count). The summed E-state index contributed by atoms with van der Waals surface area (Å²) >= 11 is 6.45. The van der Waals surface area contributed by atoms with Crippen molar-refractivity contribution in [2.45, 2.75) is 13.2 Å². The summed E-state index contributed by atoms with van der Waals surface area (Å²) in [7, 11) is 0. The van der Waals surface area contributed by atoms with Gasteiger partial charge in [-0.25, -0.2) is 14.2 Å². The molecule has 4 aromatic carbocycles. The molecule has 0 atom stereocenters. The number of hydrogen-bond donors (Lipinski definition) is 1. The zero-order chi connectivity index (χ0) is 25.1. The molecule has 0 aliphatic heterocycles. The second-order valence-corrected chi connectivity index (χ2v) is 8.50. The molecule has 0 unspecified atom stereocenters. The second kappa shape index (κ2) is 10.1. The standard InChI is InChI=1S/C28H20ClFN2O4/c29-24-14-21(9-11-26(24)35-17-19-7-4-8-20(30)13-19)31-27-23-15-22(33)10-12-25(23)36-28(34)32(27)16-18-5-2-1-3-6-18/h1-15,33H,16-17H2. The van der Waals surface area contributed by atoms with Crippen molar-refractivity contribution < 1.29 is 18.7 Å². The van der Waals surface area contributed by atoms with E-state index in [9.17, 15) is 14.3 Å². The number of phenolic OH excluding ortho intramolecular Hbond substituents is 1. The maximum atomic E-state index is 13.4. The third-order valence-electron chi connectivity index (χ3n) is 5.49. The van der Waals surface area contributed by atoms with Crippen LogP contribution in [0.15, 0.2) is 105 Å². The second-order valence-electron chi connectivity index (χ2n) is 8.09. The predicted molar refractivity (Wildman–Crippen MR) is 135 cm³/mol. The van der Waals surface area contributed by atoms with Crippen molar-refractivity contribution >= 4 is 28.3 Å². The highest BCUT2D eigenvalue weighted by atomic mass is 35.5. The Hall–Kier alpha value is -4.36. The summed E-state index contributed by atoms with van der Waals surface area (Å²) in [6, 6.07) is 25.0. The van der Waals surface area contributed by atoms with Gasteiger partial charge in [-0.1, -0.05) is 54.1 Å². The number of rotatable bonds is 6. The van der Waals surface area contributed by atoms with Crippen LogP contribution in [0.3, 0.4) is 0 Å². The first-order valence-electron chi connectivity index (χ1n) is 11.1. The molecule has 0 spiro atoms. The number of hydrogen-bond acceptors (Lipinski definition) is 5. The van der Waals surface area contributed by atoms with Crippen LogP contribution in [-0.2, 0) is 13.2 Å². The first kappa shape index (κ1) is 23.4. The van der Waals surface area contributed by atoms with Crippen molar-refractivity contribution in [1.29, 1.82) is 0 Å². The lowest BCUT2D eigenvalue weighted by Gasteiger charge is -2.10. The molecule has 0 aliphatic rings. The van der Waals surface area contributed by atoms with Crippen molar-refractivity contribution in [2.75, 3.05) is 0 Å². The SMILES string of the molecule is O=c1oc2ccc(O)cc2c(=Nc2ccc(OCc3cccc(F)c3)c(Cl)c2)n1Cc1ccccc1. The number of phenols is 1. The van der Waals surface area contributed by atoms with E-state index in [1.165, 1.54) is 34.9 Å². The predicted octanol–water partition coefficient (Wildman–Crippen LogP) is 5.95. The van der Waals surface area contributed by atoms with Crippen LogP contribution in [0.4, 0.5) is 10.1 Å². The molecule has 5 aromatic rings. The molecule has 1 aromatic heterocycles. The molecule has 36 heavy (non-hydrogen) atoms. The fraction of sp³-hybridized carbons (Fsp3) is 0.0714. The highest BCUT2D eigenvalue weighted by Crippen LogP contribution is 2.30. The minimum Gasteiger partial charge on any atom is -0.508 e. The van der Waals surface area contributed by atoms with E-state index in [-0.39, 0.29) is 24.7 Å². The lowest BCUT2D eigenvalue weighted by molar-refractivity contribution is 0.306. The van der Waals surface area contributed by atoms with Gasteiger partial charge in [-0.2, -0.15) is 0 Å². The Kier molecular flexibility index (Phi) is 6.56. The van der Waals surface area contributed by atoms with Crippen molar-refractivity contribution in [3.8, 4) is 11.5 Å². The molecule has 0 fully saturated rings. The maximum absolute atomic E-state index is 13.4. The van der Waals surface area contributed by atoms with Crippen LogP contribution >= 0.6 is 11.6 Å². The molecule has 0 saturated carbocycles. The van der Waals surface area contributed by atoms with Gasteiger partial charge < -0.3 is 14.3 Å². The molecule has 1 N–H and O–H groups in total. The summed E-state index contributed by atoms with van der Waals surface area (Å²) < 4.78 is 26.1. The lowest BCUT2D eigenvalue weighted by atomic mass is 10.2. The number of halogens is 2. The van der Waals surface area contributed by atoms with Crippen LogP contribution in [0, 0.1) is 5.82 Å². The summed E-state index contributed by atoms with van der Waals surface area (Å²) in [4.78, 5) is 17.6. The highest BCUT2D eigenvalue weighted by Gasteiger charge is 2.11. The van der Waals surface area contributed by atoms with Crippen molar-refractivity contribution in [3.63, 3.8) is 0 Å². The largest absolute Gasteiger partial charge is 0.508 e. The Morgan fingerprint density at radius 1 is 0.944 bits per heavy atom. The van der Waals surface area contributed by atoms with Gasteiger partial charge in [0.05, 0.1) is 22.6 Å². The zero-order valence-electron chi connectivity index (χ0n) is 18.9. The van der Waals surface area contributed by atoms with Crippen molar-refractivity contribution in [3.05, 3.63) is 129 Å². The molecule has 0 aliphatic carbocycles. The minimum atomic E-state index is -0.586. The van der Waals surface area contributed by atoms with Crippen LogP contribution < -0.4 is 16.0 Å². The Balaban J connectivity index is 1.56. The van der Waals surface area contributed by atoms with Gasteiger partial charge in [0.1, 0.15) is 35.0 Å². The van der Waals surface area contributed by atoms with E-state index >= 15 is 0 Å². The van der Waals surface area contributed by atoms with Crippen molar-refractivity contribution in [2.24, 2.45) is 4.99 Å². The fourth-order valence-electron chi connectivity index (χ4n) is 3.78. The zero-order valence-corrected chi connectivity index (χ0v) is 19.7. The van der Waals surface area contributed by atoms with E-state index < -0.39 is 5.76 Å². The molecule has 1 heterocycles. The Labute approximate surface area is 210 Å². The van der Waals surface area contributed by atoms with Crippen LogP contribution in [0.25, 0.3) is 11.0 Å². The summed E-state index contributed by atoms with van der Waals surface area (Å²) in [6.45, 7) is 0.366. The van der Waals surface area contributed by atoms with Gasteiger partial charge in [-0.05, 0) is 59.7 Å². The molecule has 180 valence electrons. The topological polar surface area (TPSA) is 77.0 Å². The van der Waals surface area contributed by atoms with E-state index in [0.29, 0.717) is 38.5 Å². The number of benzene rings is 4. The van der Waals surface area contributed by atoms with Gasteiger partial charge >= 0.3 is 5.76 Å². The van der Waals surface area contributed by atoms with Crippen LogP contribution in [-0.4, -0.2) is 9.67 Å². The number of nitrogens with zero attached hydrogens (tertiary/aromatic N) is 2. The molecular formula is C28H20ClFN2O4. The Bertz CT molecular complexity index is 1680. The summed E-state index contributed by atoms with van der Waals surface area (Å²) in [6.07, 6.45) is 0. The molecule has 8 heteroatoms. The van der Waals surface area contributed by atoms with E-state index in [1.54, 1.807) is 30.3 Å². The molecule has 6 nitrogen and oxygen atoms in total. The average molecular weight is 503 g/mol. The highest BCUT2D eigenvalue weighted by molar-refractivity contribution is 6.32. The Morgan fingerprint density at radius 2 is 1.75 bits per heavy atom. The normalized spacial score (nSPS) is 11.7. The first-order chi connectivity index (χ1) is 17.5. The van der Waals surface area contributed by atoms with E-state index in [4.69, 9.17) is 25.7 Å². The monoisotopic (exact) mass is 502 g/mol. The summed E-state index contributed by atoms with van der Waals surface area (Å²) in [5, 5.41) is 10.9. The third-order valence-corrected chi connectivity index (χ3v) is 5.79. The van der Waals surface area contributed by atoms with Gasteiger partial charge in [0.2, 0.25) is 0 Å². The number of aromatic nitrogens is 1. The average Bonchev–Trinajstić information content (AvgIpc) is 2.87. The van der Waals surface area contributed by atoms with E-state index in [1.807, 2.05) is 30.3 Å². The van der Waals surface area contributed by atoms with Gasteiger partial charge in [0.15, 0.2) is 0 Å². The quantitative estimate of drug-likeness (QED) is 0.311. The Morgan fingerprint density at radius 3 is 2.53 bits per heavy atom. The first-order valence-corrected chi connectivity index (χ1v) is 11.5. The fourth-order valence-corrected chi connectivity index (χ4v) is 4.00. The lowest BCUT2D eigenvalue weighted by Crippen LogP contribution is -2.33. The van der Waals surface area contributed by atoms with Crippen LogP contribution in [0.2, 0.25) is 5.02 Å². The van der Waals surface area contributed by atoms with Crippen LogP contribution in [0.1, 0.15) is 11.1 Å². The van der Waals surface area contributed by atoms with Gasteiger partial charge in [-0.3, -0.25) is 4.57 Å². The number of ether oxygens (including phenoxy) is 1. The van der Waals surface area contributed by atoms with Crippen LogP contribution in [0.5, 0.6) is 11.5 Å². The maximum Gasteiger partial charge on any atom is 0.421 e. The van der Waals surface area contributed by atoms with Crippen molar-refractivity contribution in [1.82, 2.24) is 4.57 Å². The summed E-state index contributed by atoms with van der Waals surface area (Å²) in [5.41, 5.74) is 2.62. The number of aromatic hydroxyl groups is 1. The molecule has 0 amide bonds. The van der Waals surface area contributed by atoms with Gasteiger partial charge in [-0.15, -0.1) is 0 Å². The third kappa shape index (κ3) is 5.16. The molecule has 0 bridgehead atoms. The number of fused-ring (bicyclic) bond motifs is 1. The van der Waals surface area contributed by atoms with E-state index in [0.717, 1.165) is 5.56 Å². The smallest absolute Gasteiger partial charge is 0.421 e. The van der Waals surface area contributed by atoms with Gasteiger partial charge in [0, 0.05) is 0 Å². The minimum absolute atomic E-state index is 0.0122. The molecule has 0 saturated heterocycles. The van der Waals surface area contributed by atoms with E-state index in [2.05, 4.69) is 0 Å². The summed E-state index contributed by atoms with van der Waals surface area (Å²) in [5.74, 6) is -0.506. The molecule has 0 radical (unpaired) electrons. The molecular weight excluding hydrogens is 483 g/mol.